The zero-order chi connectivity index (χ0) is 21.6. The van der Waals surface area contributed by atoms with Crippen LogP contribution in [0.3, 0.4) is 0 Å². The van der Waals surface area contributed by atoms with E-state index < -0.39 is 12.0 Å². The summed E-state index contributed by atoms with van der Waals surface area (Å²) in [4.78, 5) is 33.2. The van der Waals surface area contributed by atoms with E-state index in [1.807, 2.05) is 52.1 Å². The average Bonchev–Trinajstić information content (AvgIpc) is 2.68. The van der Waals surface area contributed by atoms with Crippen LogP contribution in [0.5, 0.6) is 5.75 Å². The molecular formula is C21H28N4O3S. The smallest absolute Gasteiger partial charge is 0.279 e. The maximum atomic E-state index is 12.2. The van der Waals surface area contributed by atoms with E-state index in [9.17, 15) is 9.59 Å². The number of thioether (sulfide) groups is 1. The number of rotatable bonds is 7. The van der Waals surface area contributed by atoms with Gasteiger partial charge >= 0.3 is 0 Å². The number of carbonyl (C=O) groups excluding carboxylic acids is 2. The van der Waals surface area contributed by atoms with Gasteiger partial charge in [-0.15, -0.1) is 0 Å². The van der Waals surface area contributed by atoms with Gasteiger partial charge in [-0.05, 0) is 70.1 Å². The summed E-state index contributed by atoms with van der Waals surface area (Å²) in [5, 5.41) is 0.721. The molecule has 0 fully saturated rings. The molecule has 0 bridgehead atoms. The fraction of sp³-hybridized carbons (Fsp3) is 0.429. The highest BCUT2D eigenvalue weighted by Gasteiger charge is 2.17. The molecule has 1 atom stereocenters. The molecular weight excluding hydrogens is 388 g/mol. The second kappa shape index (κ2) is 10.2. The molecule has 1 heterocycles. The summed E-state index contributed by atoms with van der Waals surface area (Å²) in [7, 11) is 0. The number of benzene rings is 1. The SMILES string of the molecule is CSc1nc(C)c(CCC(=O)NNC(=O)[C@@H](C)Oc2cccc(C)c2C)c(C)n1. The Morgan fingerprint density at radius 3 is 2.38 bits per heavy atom. The summed E-state index contributed by atoms with van der Waals surface area (Å²) in [5.74, 6) is -0.0529. The predicted octanol–water partition coefficient (Wildman–Crippen LogP) is 2.98. The molecule has 0 unspecified atom stereocenters. The topological polar surface area (TPSA) is 93.2 Å². The Morgan fingerprint density at radius 2 is 1.76 bits per heavy atom. The highest BCUT2D eigenvalue weighted by atomic mass is 32.2. The van der Waals surface area contributed by atoms with E-state index >= 15 is 0 Å². The van der Waals surface area contributed by atoms with Crippen LogP contribution in [0, 0.1) is 27.7 Å². The van der Waals surface area contributed by atoms with Crippen LogP contribution in [0.25, 0.3) is 0 Å². The third-order valence-electron chi connectivity index (χ3n) is 4.74. The third-order valence-corrected chi connectivity index (χ3v) is 5.29. The lowest BCUT2D eigenvalue weighted by Crippen LogP contribution is -2.47. The van der Waals surface area contributed by atoms with Crippen molar-refractivity contribution in [2.45, 2.75) is 58.7 Å². The monoisotopic (exact) mass is 416 g/mol. The summed E-state index contributed by atoms with van der Waals surface area (Å²) in [6, 6.07) is 5.68. The first-order valence-electron chi connectivity index (χ1n) is 9.42. The van der Waals surface area contributed by atoms with E-state index in [1.165, 1.54) is 11.8 Å². The Bertz CT molecular complexity index is 878. The van der Waals surface area contributed by atoms with Crippen LogP contribution in [0.15, 0.2) is 23.4 Å². The van der Waals surface area contributed by atoms with Gasteiger partial charge in [0, 0.05) is 17.8 Å². The van der Waals surface area contributed by atoms with E-state index in [4.69, 9.17) is 4.74 Å². The zero-order valence-corrected chi connectivity index (χ0v) is 18.6. The van der Waals surface area contributed by atoms with Crippen molar-refractivity contribution in [1.82, 2.24) is 20.8 Å². The summed E-state index contributed by atoms with van der Waals surface area (Å²) in [5.41, 5.74) is 9.63. The van der Waals surface area contributed by atoms with Crippen LogP contribution in [0.4, 0.5) is 0 Å². The number of hydrogen-bond acceptors (Lipinski definition) is 6. The first-order chi connectivity index (χ1) is 13.7. The van der Waals surface area contributed by atoms with Crippen molar-refractivity contribution in [3.63, 3.8) is 0 Å². The second-order valence-electron chi connectivity index (χ2n) is 6.86. The van der Waals surface area contributed by atoms with E-state index in [-0.39, 0.29) is 12.3 Å². The molecule has 1 aromatic carbocycles. The van der Waals surface area contributed by atoms with Crippen LogP contribution >= 0.6 is 11.8 Å². The van der Waals surface area contributed by atoms with Crippen LogP contribution in [-0.2, 0) is 16.0 Å². The molecule has 156 valence electrons. The lowest BCUT2D eigenvalue weighted by atomic mass is 10.1. The number of carbonyl (C=O) groups is 2. The van der Waals surface area contributed by atoms with Crippen LogP contribution in [-0.4, -0.2) is 34.1 Å². The zero-order valence-electron chi connectivity index (χ0n) is 17.8. The van der Waals surface area contributed by atoms with Gasteiger partial charge < -0.3 is 4.74 Å². The summed E-state index contributed by atoms with van der Waals surface area (Å²) in [6.45, 7) is 9.39. The Labute approximate surface area is 176 Å². The van der Waals surface area contributed by atoms with Gasteiger partial charge in [0.05, 0.1) is 0 Å². The van der Waals surface area contributed by atoms with Gasteiger partial charge in [-0.1, -0.05) is 23.9 Å². The molecule has 8 heteroatoms. The highest BCUT2D eigenvalue weighted by molar-refractivity contribution is 7.98. The minimum Gasteiger partial charge on any atom is -0.481 e. The van der Waals surface area contributed by atoms with Crippen molar-refractivity contribution in [3.8, 4) is 5.75 Å². The van der Waals surface area contributed by atoms with Gasteiger partial charge in [0.15, 0.2) is 11.3 Å². The minimum atomic E-state index is -0.743. The number of amides is 2. The average molecular weight is 417 g/mol. The van der Waals surface area contributed by atoms with Gasteiger partial charge in [-0.2, -0.15) is 0 Å². The van der Waals surface area contributed by atoms with Gasteiger partial charge in [-0.25, -0.2) is 9.97 Å². The third kappa shape index (κ3) is 6.19. The lowest BCUT2D eigenvalue weighted by molar-refractivity contribution is -0.132. The molecule has 0 saturated heterocycles. The molecule has 0 spiro atoms. The summed E-state index contributed by atoms with van der Waals surface area (Å²) in [6.07, 6.45) is 1.90. The Balaban J connectivity index is 1.84. The number of nitrogens with zero attached hydrogens (tertiary/aromatic N) is 2. The first-order valence-corrected chi connectivity index (χ1v) is 10.6. The molecule has 2 amide bonds. The molecule has 2 N–H and O–H groups in total. The lowest BCUT2D eigenvalue weighted by Gasteiger charge is -2.17. The van der Waals surface area contributed by atoms with Crippen molar-refractivity contribution >= 4 is 23.6 Å². The highest BCUT2D eigenvalue weighted by Crippen LogP contribution is 2.21. The number of aryl methyl sites for hydroxylation is 3. The molecule has 1 aromatic heterocycles. The molecule has 2 aromatic rings. The van der Waals surface area contributed by atoms with Crippen molar-refractivity contribution in [2.24, 2.45) is 0 Å². The van der Waals surface area contributed by atoms with Crippen molar-refractivity contribution < 1.29 is 14.3 Å². The Morgan fingerprint density at radius 1 is 1.10 bits per heavy atom. The normalized spacial score (nSPS) is 11.7. The first kappa shape index (κ1) is 22.7. The van der Waals surface area contributed by atoms with Crippen molar-refractivity contribution in [3.05, 3.63) is 46.3 Å². The predicted molar refractivity (Wildman–Crippen MR) is 114 cm³/mol. The fourth-order valence-electron chi connectivity index (χ4n) is 2.79. The fourth-order valence-corrected chi connectivity index (χ4v) is 3.25. The number of hydrogen-bond donors (Lipinski definition) is 2. The molecule has 0 aliphatic carbocycles. The number of hydrazine groups is 1. The van der Waals surface area contributed by atoms with Crippen LogP contribution < -0.4 is 15.6 Å². The molecule has 0 radical (unpaired) electrons. The van der Waals surface area contributed by atoms with Crippen LogP contribution in [0.2, 0.25) is 0 Å². The standard InChI is InChI=1S/C21H28N4O3S/c1-12-8-7-9-18(13(12)2)28-16(5)20(27)25-24-19(26)11-10-17-14(3)22-21(29-6)23-15(17)4/h7-9,16H,10-11H2,1-6H3,(H,24,26)(H,25,27)/t16-/m1/s1. The van der Waals surface area contributed by atoms with Crippen molar-refractivity contribution in [2.75, 3.05) is 6.26 Å². The minimum absolute atomic E-state index is 0.218. The Kier molecular flexibility index (Phi) is 8.01. The molecule has 29 heavy (non-hydrogen) atoms. The van der Waals surface area contributed by atoms with Gasteiger partial charge in [0.2, 0.25) is 5.91 Å². The maximum Gasteiger partial charge on any atom is 0.279 e. The quantitative estimate of drug-likeness (QED) is 0.409. The largest absolute Gasteiger partial charge is 0.481 e. The summed E-state index contributed by atoms with van der Waals surface area (Å²) < 4.78 is 5.72. The van der Waals surface area contributed by atoms with E-state index in [0.29, 0.717) is 12.2 Å². The number of ether oxygens (including phenoxy) is 1. The van der Waals surface area contributed by atoms with Crippen LogP contribution in [0.1, 0.15) is 41.4 Å². The van der Waals surface area contributed by atoms with Gasteiger partial charge in [0.1, 0.15) is 5.75 Å². The van der Waals surface area contributed by atoms with Gasteiger partial charge in [0.25, 0.3) is 5.91 Å². The van der Waals surface area contributed by atoms with E-state index in [1.54, 1.807) is 6.92 Å². The molecule has 7 nitrogen and oxygen atoms in total. The molecule has 0 saturated carbocycles. The molecule has 0 aliphatic heterocycles. The maximum absolute atomic E-state index is 12.2. The number of nitrogens with one attached hydrogen (secondary N) is 2. The van der Waals surface area contributed by atoms with E-state index in [0.717, 1.165) is 33.2 Å². The Hall–Kier alpha value is -2.61. The van der Waals surface area contributed by atoms with Crippen molar-refractivity contribution in [1.29, 1.82) is 0 Å². The van der Waals surface area contributed by atoms with Gasteiger partial charge in [-0.3, -0.25) is 20.4 Å². The number of aromatic nitrogens is 2. The molecule has 2 rings (SSSR count). The van der Waals surface area contributed by atoms with E-state index in [2.05, 4.69) is 20.8 Å². The summed E-state index contributed by atoms with van der Waals surface area (Å²) >= 11 is 1.49. The second-order valence-corrected chi connectivity index (χ2v) is 7.63. The molecule has 0 aliphatic rings.